The number of amides is 1. The molecule has 1 heterocycles. The largest absolute Gasteiger partial charge is 0.478 e. The van der Waals surface area contributed by atoms with Gasteiger partial charge in [-0.05, 0) is 12.1 Å². The zero-order valence-electron chi connectivity index (χ0n) is 6.52. The summed E-state index contributed by atoms with van der Waals surface area (Å²) < 4.78 is 0.753. The minimum Gasteiger partial charge on any atom is -0.478 e. The van der Waals surface area contributed by atoms with Crippen molar-refractivity contribution in [2.45, 2.75) is 0 Å². The number of carbonyl (C=O) groups excluding carboxylic acids is 1. The molecule has 4 N–H and O–H groups in total. The molecule has 0 radical (unpaired) electrons. The number of nitrogens with two attached hydrogens (primary N) is 1. The van der Waals surface area contributed by atoms with Gasteiger partial charge in [0, 0.05) is 6.20 Å². The highest BCUT2D eigenvalue weighted by Gasteiger charge is 2.08. The minimum absolute atomic E-state index is 0.263. The van der Waals surface area contributed by atoms with Gasteiger partial charge < -0.3 is 10.8 Å². The Hall–Kier alpha value is -2.11. The molecule has 0 saturated heterocycles. The second kappa shape index (κ2) is 3.10. The highest BCUT2D eigenvalue weighted by Crippen LogP contribution is 1.90. The van der Waals surface area contributed by atoms with E-state index in [0.29, 0.717) is 0 Å². The van der Waals surface area contributed by atoms with E-state index in [1.807, 2.05) is 0 Å². The van der Waals surface area contributed by atoms with E-state index in [4.69, 9.17) is 16.2 Å². The molecule has 6 nitrogen and oxygen atoms in total. The Morgan fingerprint density at radius 3 is 2.62 bits per heavy atom. The SMILES string of the molecule is N=c1c(C(=O)O)cccn1C(N)=O. The summed E-state index contributed by atoms with van der Waals surface area (Å²) in [6, 6.07) is 1.68. The van der Waals surface area contributed by atoms with Crippen LogP contribution in [0, 0.1) is 5.41 Å². The molecule has 1 rings (SSSR count). The molecule has 1 amide bonds. The fourth-order valence-corrected chi connectivity index (χ4v) is 0.865. The number of rotatable bonds is 1. The van der Waals surface area contributed by atoms with Gasteiger partial charge in [-0.1, -0.05) is 0 Å². The van der Waals surface area contributed by atoms with Crippen LogP contribution in [0.25, 0.3) is 0 Å². The van der Waals surface area contributed by atoms with Crippen LogP contribution in [-0.4, -0.2) is 21.7 Å². The van der Waals surface area contributed by atoms with Crippen molar-refractivity contribution in [1.82, 2.24) is 4.57 Å². The molecule has 0 spiro atoms. The van der Waals surface area contributed by atoms with E-state index >= 15 is 0 Å². The lowest BCUT2D eigenvalue weighted by Gasteiger charge is -2.01. The molecule has 0 fully saturated rings. The molecule has 0 aliphatic carbocycles. The smallest absolute Gasteiger partial charge is 0.339 e. The number of nitrogens with zero attached hydrogens (tertiary/aromatic N) is 1. The number of carbonyl (C=O) groups is 2. The first-order chi connectivity index (χ1) is 6.04. The van der Waals surface area contributed by atoms with E-state index in [0.717, 1.165) is 4.57 Å². The average molecular weight is 181 g/mol. The topological polar surface area (TPSA) is 109 Å². The molecule has 13 heavy (non-hydrogen) atoms. The lowest BCUT2D eigenvalue weighted by molar-refractivity contribution is 0.0694. The maximum atomic E-state index is 10.7. The second-order valence-corrected chi connectivity index (χ2v) is 2.28. The Bertz CT molecular complexity index is 386. The molecule has 0 bridgehead atoms. The van der Waals surface area contributed by atoms with E-state index in [-0.39, 0.29) is 5.56 Å². The first kappa shape index (κ1) is 8.98. The van der Waals surface area contributed by atoms with Gasteiger partial charge in [-0.2, -0.15) is 0 Å². The molecule has 0 aromatic carbocycles. The molecule has 0 aliphatic heterocycles. The Kier molecular flexibility index (Phi) is 2.14. The number of pyridine rings is 1. The Labute approximate surface area is 72.7 Å². The fourth-order valence-electron chi connectivity index (χ4n) is 0.865. The van der Waals surface area contributed by atoms with Crippen LogP contribution in [0.5, 0.6) is 0 Å². The predicted octanol–water partition coefficient (Wildman–Crippen LogP) is -0.407. The van der Waals surface area contributed by atoms with E-state index < -0.39 is 17.5 Å². The molecule has 1 aromatic heterocycles. The highest BCUT2D eigenvalue weighted by atomic mass is 16.4. The van der Waals surface area contributed by atoms with Gasteiger partial charge in [-0.3, -0.25) is 9.98 Å². The van der Waals surface area contributed by atoms with Gasteiger partial charge in [0.05, 0.1) is 0 Å². The van der Waals surface area contributed by atoms with Gasteiger partial charge in [0.2, 0.25) is 0 Å². The average Bonchev–Trinajstić information content (AvgIpc) is 2.03. The van der Waals surface area contributed by atoms with E-state index in [9.17, 15) is 9.59 Å². The molecule has 0 saturated carbocycles. The molecular formula is C7H7N3O3. The number of carboxylic acid groups (broad SMARTS) is 1. The molecule has 0 unspecified atom stereocenters. The first-order valence-corrected chi connectivity index (χ1v) is 3.33. The van der Waals surface area contributed by atoms with Gasteiger partial charge in [-0.15, -0.1) is 0 Å². The van der Waals surface area contributed by atoms with E-state index in [2.05, 4.69) is 0 Å². The summed E-state index contributed by atoms with van der Waals surface area (Å²) >= 11 is 0. The molecule has 1 aromatic rings. The van der Waals surface area contributed by atoms with Crippen LogP contribution >= 0.6 is 0 Å². The summed E-state index contributed by atoms with van der Waals surface area (Å²) in [4.78, 5) is 21.2. The van der Waals surface area contributed by atoms with E-state index in [1.54, 1.807) is 0 Å². The monoisotopic (exact) mass is 181 g/mol. The fraction of sp³-hybridized carbons (Fsp3) is 0. The number of primary amides is 1. The summed E-state index contributed by atoms with van der Waals surface area (Å²) in [6.45, 7) is 0. The third kappa shape index (κ3) is 1.56. The van der Waals surface area contributed by atoms with Crippen molar-refractivity contribution in [1.29, 1.82) is 5.41 Å². The number of aromatic carboxylic acids is 1. The Balaban J connectivity index is 3.44. The van der Waals surface area contributed by atoms with Crippen molar-refractivity contribution in [2.24, 2.45) is 5.73 Å². The number of aromatic nitrogens is 1. The molecule has 0 atom stereocenters. The first-order valence-electron chi connectivity index (χ1n) is 3.33. The normalized spacial score (nSPS) is 9.54. The Morgan fingerprint density at radius 1 is 1.54 bits per heavy atom. The minimum atomic E-state index is -1.26. The lowest BCUT2D eigenvalue weighted by Crippen LogP contribution is -2.34. The van der Waals surface area contributed by atoms with Gasteiger partial charge >= 0.3 is 12.0 Å². The highest BCUT2D eigenvalue weighted by molar-refractivity contribution is 5.87. The second-order valence-electron chi connectivity index (χ2n) is 2.28. The Morgan fingerprint density at radius 2 is 2.15 bits per heavy atom. The quantitative estimate of drug-likeness (QED) is 0.547. The molecule has 6 heteroatoms. The van der Waals surface area contributed by atoms with Crippen LogP contribution in [0.1, 0.15) is 10.4 Å². The maximum Gasteiger partial charge on any atom is 0.339 e. The molecular weight excluding hydrogens is 174 g/mol. The zero-order chi connectivity index (χ0) is 10.0. The lowest BCUT2D eigenvalue weighted by atomic mass is 10.3. The van der Waals surface area contributed by atoms with Crippen molar-refractivity contribution in [3.05, 3.63) is 29.4 Å². The van der Waals surface area contributed by atoms with Gasteiger partial charge in [0.1, 0.15) is 11.1 Å². The summed E-state index contributed by atoms with van der Waals surface area (Å²) in [7, 11) is 0. The van der Waals surface area contributed by atoms with Crippen LogP contribution in [-0.2, 0) is 0 Å². The molecule has 0 aliphatic rings. The van der Waals surface area contributed by atoms with Crippen LogP contribution in [0.3, 0.4) is 0 Å². The van der Waals surface area contributed by atoms with Crippen LogP contribution in [0.2, 0.25) is 0 Å². The number of carboxylic acids is 1. The standard InChI is InChI=1S/C7H7N3O3/c8-5-4(6(11)12)2-1-3-10(5)7(9)13/h1-3,8H,(H2,9,13)(H,11,12). The van der Waals surface area contributed by atoms with Gasteiger partial charge in [-0.25, -0.2) is 9.59 Å². The van der Waals surface area contributed by atoms with Crippen LogP contribution in [0.4, 0.5) is 4.79 Å². The van der Waals surface area contributed by atoms with Crippen molar-refractivity contribution in [3.8, 4) is 0 Å². The van der Waals surface area contributed by atoms with Crippen molar-refractivity contribution >= 4 is 12.0 Å². The van der Waals surface area contributed by atoms with Gasteiger partial charge in [0.15, 0.2) is 0 Å². The van der Waals surface area contributed by atoms with Crippen LogP contribution < -0.4 is 11.2 Å². The summed E-state index contributed by atoms with van der Waals surface area (Å²) in [6.07, 6.45) is 1.23. The van der Waals surface area contributed by atoms with E-state index in [1.165, 1.54) is 18.3 Å². The van der Waals surface area contributed by atoms with Gasteiger partial charge in [0.25, 0.3) is 0 Å². The number of hydrogen-bond acceptors (Lipinski definition) is 3. The third-order valence-electron chi connectivity index (χ3n) is 1.46. The van der Waals surface area contributed by atoms with Crippen molar-refractivity contribution in [3.63, 3.8) is 0 Å². The van der Waals surface area contributed by atoms with Crippen molar-refractivity contribution < 1.29 is 14.7 Å². The third-order valence-corrected chi connectivity index (χ3v) is 1.46. The predicted molar refractivity (Wildman–Crippen MR) is 42.2 cm³/mol. The summed E-state index contributed by atoms with van der Waals surface area (Å²) in [5.74, 6) is -1.26. The van der Waals surface area contributed by atoms with Crippen molar-refractivity contribution in [2.75, 3.05) is 0 Å². The summed E-state index contributed by atoms with van der Waals surface area (Å²) in [5, 5.41) is 15.9. The zero-order valence-corrected chi connectivity index (χ0v) is 6.52. The number of hydrogen-bond donors (Lipinski definition) is 3. The number of nitrogens with one attached hydrogen (secondary N) is 1. The summed E-state index contributed by atoms with van der Waals surface area (Å²) in [5.41, 5.74) is 4.20. The maximum absolute atomic E-state index is 10.7. The van der Waals surface area contributed by atoms with Crippen LogP contribution in [0.15, 0.2) is 18.3 Å². The molecule has 68 valence electrons.